The van der Waals surface area contributed by atoms with Crippen molar-refractivity contribution >= 4 is 5.78 Å². The van der Waals surface area contributed by atoms with E-state index >= 15 is 0 Å². The van der Waals surface area contributed by atoms with Crippen molar-refractivity contribution in [1.82, 2.24) is 0 Å². The molecule has 0 heterocycles. The first-order valence-corrected chi connectivity index (χ1v) is 5.24. The summed E-state index contributed by atoms with van der Waals surface area (Å²) in [4.78, 5) is 11.8. The Kier molecular flexibility index (Phi) is 2.18. The summed E-state index contributed by atoms with van der Waals surface area (Å²) in [7, 11) is 0. The number of hydrogen-bond acceptors (Lipinski definition) is 1. The number of ketones is 1. The van der Waals surface area contributed by atoms with Crippen molar-refractivity contribution in [3.05, 3.63) is 36.0 Å². The van der Waals surface area contributed by atoms with Gasteiger partial charge in [-0.05, 0) is 31.8 Å². The fraction of sp³-hybridized carbons (Fsp3) is 0.462. The van der Waals surface area contributed by atoms with Gasteiger partial charge in [0.15, 0.2) is 0 Å². The quantitative estimate of drug-likeness (QED) is 0.617. The summed E-state index contributed by atoms with van der Waals surface area (Å²) in [5.74, 6) is 0.411. The highest BCUT2D eigenvalue weighted by Crippen LogP contribution is 2.44. The topological polar surface area (TPSA) is 17.1 Å². The predicted octanol–water partition coefficient (Wildman–Crippen LogP) is 3.19. The molecule has 0 bridgehead atoms. The molecule has 0 aromatic carbocycles. The maximum absolute atomic E-state index is 11.8. The molecule has 1 fully saturated rings. The van der Waals surface area contributed by atoms with Crippen LogP contribution in [0.3, 0.4) is 0 Å². The molecular formula is C13H16O. The van der Waals surface area contributed by atoms with Gasteiger partial charge in [-0.25, -0.2) is 0 Å². The lowest BCUT2D eigenvalue weighted by Crippen LogP contribution is -2.34. The molecular weight excluding hydrogens is 172 g/mol. The van der Waals surface area contributed by atoms with Crippen LogP contribution in [0.5, 0.6) is 0 Å². The fourth-order valence-corrected chi connectivity index (χ4v) is 2.37. The molecule has 2 aliphatic carbocycles. The Morgan fingerprint density at radius 1 is 1.50 bits per heavy atom. The van der Waals surface area contributed by atoms with Gasteiger partial charge in [0.1, 0.15) is 5.78 Å². The first-order chi connectivity index (χ1) is 6.66. The fourth-order valence-electron chi connectivity index (χ4n) is 2.37. The summed E-state index contributed by atoms with van der Waals surface area (Å²) >= 11 is 0. The molecule has 1 atom stereocenters. The van der Waals surface area contributed by atoms with Gasteiger partial charge < -0.3 is 0 Å². The first kappa shape index (κ1) is 9.45. The highest BCUT2D eigenvalue weighted by Gasteiger charge is 2.39. The molecule has 0 aromatic heterocycles. The van der Waals surface area contributed by atoms with Crippen molar-refractivity contribution < 1.29 is 4.79 Å². The largest absolute Gasteiger partial charge is 0.299 e. The molecule has 74 valence electrons. The van der Waals surface area contributed by atoms with Gasteiger partial charge in [-0.1, -0.05) is 30.4 Å². The first-order valence-electron chi connectivity index (χ1n) is 5.24. The summed E-state index contributed by atoms with van der Waals surface area (Å²) in [6, 6.07) is 0. The summed E-state index contributed by atoms with van der Waals surface area (Å²) in [5, 5.41) is 0. The number of Topliss-reactive ketones (excluding diaryl/α,β-unsaturated/α-hetero) is 1. The van der Waals surface area contributed by atoms with E-state index in [1.54, 1.807) is 0 Å². The maximum Gasteiger partial charge on any atom is 0.143 e. The second-order valence-electron chi connectivity index (χ2n) is 4.39. The highest BCUT2D eigenvalue weighted by atomic mass is 16.1. The minimum atomic E-state index is -0.190. The lowest BCUT2D eigenvalue weighted by atomic mass is 9.66. The Morgan fingerprint density at radius 3 is 3.00 bits per heavy atom. The monoisotopic (exact) mass is 188 g/mol. The molecule has 0 aromatic rings. The van der Waals surface area contributed by atoms with E-state index in [1.165, 1.54) is 11.1 Å². The van der Waals surface area contributed by atoms with E-state index < -0.39 is 0 Å². The van der Waals surface area contributed by atoms with Gasteiger partial charge in [0, 0.05) is 6.42 Å². The molecule has 2 rings (SSSR count). The van der Waals surface area contributed by atoms with E-state index in [9.17, 15) is 4.79 Å². The van der Waals surface area contributed by atoms with Gasteiger partial charge in [0.05, 0.1) is 5.41 Å². The molecule has 0 saturated heterocycles. The minimum absolute atomic E-state index is 0.190. The molecule has 2 aliphatic rings. The Bertz CT molecular complexity index is 346. The maximum atomic E-state index is 11.8. The number of carbonyl (C=O) groups excluding carboxylic acids is 1. The van der Waals surface area contributed by atoms with Gasteiger partial charge in [-0.2, -0.15) is 0 Å². The normalized spacial score (nSPS) is 31.6. The average Bonchev–Trinajstić information content (AvgIpc) is 2.19. The number of rotatable bonds is 1. The van der Waals surface area contributed by atoms with Gasteiger partial charge in [-0.15, -0.1) is 0 Å². The average molecular weight is 188 g/mol. The smallest absolute Gasteiger partial charge is 0.143 e. The second-order valence-corrected chi connectivity index (χ2v) is 4.39. The van der Waals surface area contributed by atoms with E-state index in [2.05, 4.69) is 25.7 Å². The molecule has 0 radical (unpaired) electrons. The zero-order valence-electron chi connectivity index (χ0n) is 8.68. The van der Waals surface area contributed by atoms with E-state index in [0.717, 1.165) is 25.7 Å². The predicted molar refractivity (Wildman–Crippen MR) is 57.9 cm³/mol. The zero-order valence-corrected chi connectivity index (χ0v) is 8.68. The summed E-state index contributed by atoms with van der Waals surface area (Å²) < 4.78 is 0. The lowest BCUT2D eigenvalue weighted by molar-refractivity contribution is -0.127. The number of allylic oxidation sites excluding steroid dienone is 5. The van der Waals surface area contributed by atoms with E-state index in [-0.39, 0.29) is 5.41 Å². The van der Waals surface area contributed by atoms with Crippen molar-refractivity contribution in [3.8, 4) is 0 Å². The number of hydrogen-bond donors (Lipinski definition) is 0. The zero-order chi connectivity index (χ0) is 10.2. The highest BCUT2D eigenvalue weighted by molar-refractivity contribution is 5.89. The van der Waals surface area contributed by atoms with Crippen LogP contribution in [0, 0.1) is 5.41 Å². The van der Waals surface area contributed by atoms with Crippen molar-refractivity contribution in [2.75, 3.05) is 0 Å². The third kappa shape index (κ3) is 1.28. The molecule has 1 nitrogen and oxygen atoms in total. The third-order valence-corrected chi connectivity index (χ3v) is 3.50. The number of carbonyl (C=O) groups is 1. The Morgan fingerprint density at radius 2 is 2.29 bits per heavy atom. The van der Waals surface area contributed by atoms with Crippen LogP contribution in [0.4, 0.5) is 0 Å². The molecule has 0 N–H and O–H groups in total. The SMILES string of the molecule is C=CC1=CC[C@]2(C)C(=O)CCCC2=C1. The van der Waals surface area contributed by atoms with Crippen molar-refractivity contribution in [1.29, 1.82) is 0 Å². The van der Waals surface area contributed by atoms with Crippen molar-refractivity contribution in [2.24, 2.45) is 5.41 Å². The Labute approximate surface area is 85.2 Å². The van der Waals surface area contributed by atoms with Crippen LogP contribution >= 0.6 is 0 Å². The van der Waals surface area contributed by atoms with Crippen LogP contribution in [0.15, 0.2) is 36.0 Å². The Hall–Kier alpha value is -1.11. The van der Waals surface area contributed by atoms with Gasteiger partial charge >= 0.3 is 0 Å². The van der Waals surface area contributed by atoms with Crippen LogP contribution in [-0.4, -0.2) is 5.78 Å². The van der Waals surface area contributed by atoms with Gasteiger partial charge in [-0.3, -0.25) is 4.79 Å². The molecule has 0 unspecified atom stereocenters. The van der Waals surface area contributed by atoms with Crippen molar-refractivity contribution in [3.63, 3.8) is 0 Å². The third-order valence-electron chi connectivity index (χ3n) is 3.50. The van der Waals surface area contributed by atoms with Crippen LogP contribution in [0.2, 0.25) is 0 Å². The van der Waals surface area contributed by atoms with Gasteiger partial charge in [0.2, 0.25) is 0 Å². The molecule has 0 aliphatic heterocycles. The summed E-state index contributed by atoms with van der Waals surface area (Å²) in [6.07, 6.45) is 9.85. The van der Waals surface area contributed by atoms with E-state index in [0.29, 0.717) is 5.78 Å². The molecule has 1 saturated carbocycles. The minimum Gasteiger partial charge on any atom is -0.299 e. The van der Waals surface area contributed by atoms with Crippen LogP contribution in [-0.2, 0) is 4.79 Å². The van der Waals surface area contributed by atoms with E-state index in [1.807, 2.05) is 6.08 Å². The van der Waals surface area contributed by atoms with Crippen LogP contribution in [0.25, 0.3) is 0 Å². The Balaban J connectivity index is 2.38. The van der Waals surface area contributed by atoms with Crippen LogP contribution < -0.4 is 0 Å². The van der Waals surface area contributed by atoms with E-state index in [4.69, 9.17) is 0 Å². The van der Waals surface area contributed by atoms with Crippen molar-refractivity contribution in [2.45, 2.75) is 32.6 Å². The van der Waals surface area contributed by atoms with Crippen LogP contribution in [0.1, 0.15) is 32.6 Å². The van der Waals surface area contributed by atoms with Gasteiger partial charge in [0.25, 0.3) is 0 Å². The standard InChI is InChI=1S/C13H16O/c1-3-10-7-8-13(2)11(9-10)5-4-6-12(13)14/h3,7,9H,1,4-6,8H2,2H3/t13-/m0/s1. The second kappa shape index (κ2) is 3.23. The summed E-state index contributed by atoms with van der Waals surface area (Å²) in [6.45, 7) is 5.85. The number of fused-ring (bicyclic) bond motifs is 1. The molecule has 0 spiro atoms. The lowest BCUT2D eigenvalue weighted by Gasteiger charge is -2.36. The molecule has 1 heteroatoms. The molecule has 0 amide bonds. The summed E-state index contributed by atoms with van der Waals surface area (Å²) in [5.41, 5.74) is 2.29. The molecule has 14 heavy (non-hydrogen) atoms.